The molecule has 3 aliphatic rings. The molecule has 18 nitrogen and oxygen atoms in total. The maximum Gasteiger partial charge on any atom is 1.00 e. The molecule has 2 aromatic heterocycles. The standard InChI is InChI=1S/C35H40NO6P.C20H25NO2.C15H16ClO4P.C4H8O.CH3F.CH2O3.2Cs.H/c1-35(2)20-18-27(19-21-35)22-31-23-32(33(34(37)36-31)30-16-10-5-11-17-30)39-26-42-43(38,40-24-28-12-6-3-7-13-28)41-25-29-14-8-4-9-15-29;1-20(2)10-8-14(9-11-20)12-16-13-17(22)18(19(23)21-16)15-6-4-3-5-7-15;16-13-20-21(17,18-11-14-7-3-1-4-8-14)19-12-15-9-5-2-6-10-15;1-2-4-5-3-1;1-2;2-1-4-3;;;/h3-17,23,27H,18-22,24-26H2,1-2H3,(H,36,37);3-7,13-14H,8-12H2,1-2H3,(H2,21,22,23);1-10H,11-13H2;1-4H2;1H3;1,3H;;;/q;;;;;;2*+1;-1/p-1/i;;;3D;;;;;. The third-order valence-electron chi connectivity index (χ3n) is 16.5. The van der Waals surface area contributed by atoms with Crippen LogP contribution in [-0.2, 0) is 90.0 Å². The molecular weight excluding hydrogens is 1580 g/mol. The number of aromatic amines is 2. The summed E-state index contributed by atoms with van der Waals surface area (Å²) < 4.78 is 86.1. The SMILES string of the molecule is CC1(C)CCC(Cc2cc(O)c(-c3ccccc3)c(=O)[nH]2)CC1.CC1(C)CCC(Cc2cc(OCOP(=O)(OCc3ccccc3)OCc3ccccc3)c(-c3ccccc3)c(=O)[nH]2)CC1.CF.O=CO[O-].O=P(OCCl)(OCc1ccccc1)OCc1ccccc1.[2H]C1CCCO1.[Cs+].[Cs+].[H-]. The minimum Gasteiger partial charge on any atom is -1.00 e. The molecule has 1 atom stereocenters. The van der Waals surface area contributed by atoms with E-state index in [4.69, 9.17) is 59.6 Å². The van der Waals surface area contributed by atoms with E-state index in [9.17, 15) is 28.2 Å². The average molecular weight is 1670 g/mol. The summed E-state index contributed by atoms with van der Waals surface area (Å²) in [5.41, 5.74) is 7.64. The summed E-state index contributed by atoms with van der Waals surface area (Å²) in [6.45, 7) is 9.60. The second kappa shape index (κ2) is 48.8. The molecule has 0 spiro atoms. The van der Waals surface area contributed by atoms with Gasteiger partial charge in [0, 0.05) is 36.7 Å². The minimum absolute atomic E-state index is 0. The van der Waals surface area contributed by atoms with Gasteiger partial charge in [-0.15, -0.1) is 0 Å². The molecule has 0 radical (unpaired) electrons. The molecule has 100 heavy (non-hydrogen) atoms. The molecular formula is C76H94ClCs2FN2O16P2. The van der Waals surface area contributed by atoms with Crippen LogP contribution >= 0.6 is 27.2 Å². The van der Waals surface area contributed by atoms with Crippen LogP contribution in [0.2, 0.25) is 0 Å². The number of alkyl halides is 2. The molecule has 3 N–H and O–H groups in total. The van der Waals surface area contributed by atoms with Gasteiger partial charge in [-0.3, -0.25) is 41.4 Å². The summed E-state index contributed by atoms with van der Waals surface area (Å²) in [5, 5.41) is 18.7. The van der Waals surface area contributed by atoms with Gasteiger partial charge in [0.25, 0.3) is 17.6 Å². The molecule has 530 valence electrons. The van der Waals surface area contributed by atoms with E-state index in [0.717, 1.165) is 84.3 Å². The first kappa shape index (κ1) is 87.4. The van der Waals surface area contributed by atoms with Crippen molar-refractivity contribution in [2.45, 2.75) is 131 Å². The van der Waals surface area contributed by atoms with Crippen LogP contribution in [0.4, 0.5) is 4.39 Å². The summed E-state index contributed by atoms with van der Waals surface area (Å²) in [6, 6.07) is 59.5. The van der Waals surface area contributed by atoms with E-state index in [1.54, 1.807) is 6.07 Å². The number of pyridine rings is 2. The first-order valence-corrected chi connectivity index (χ1v) is 36.1. The van der Waals surface area contributed by atoms with Gasteiger partial charge in [-0.2, -0.15) is 0 Å². The number of hydrogen-bond acceptors (Lipinski definition) is 16. The van der Waals surface area contributed by atoms with E-state index in [2.05, 4.69) is 42.6 Å². The molecule has 1 unspecified atom stereocenters. The molecule has 0 bridgehead atoms. The van der Waals surface area contributed by atoms with Gasteiger partial charge < -0.3 is 36.1 Å². The fourth-order valence-corrected chi connectivity index (χ4v) is 13.3. The number of halogens is 2. The van der Waals surface area contributed by atoms with E-state index in [1.165, 1.54) is 38.5 Å². The van der Waals surface area contributed by atoms with Crippen molar-refractivity contribution in [3.8, 4) is 33.8 Å². The summed E-state index contributed by atoms with van der Waals surface area (Å²) in [4.78, 5) is 43.1. The normalized spacial score (nSPS) is 15.5. The fourth-order valence-electron chi connectivity index (χ4n) is 11.0. The Balaban J connectivity index is 0.000000387. The maximum atomic E-state index is 13.7. The average Bonchev–Trinajstić information content (AvgIpc) is 0.983. The van der Waals surface area contributed by atoms with Crippen molar-refractivity contribution in [1.29, 1.82) is 0 Å². The van der Waals surface area contributed by atoms with Crippen molar-refractivity contribution in [1.82, 2.24) is 9.97 Å². The van der Waals surface area contributed by atoms with Gasteiger partial charge in [-0.25, -0.2) is 13.7 Å². The zero-order valence-corrected chi connectivity index (χ0v) is 73.5. The fraction of sp³-hybridized carbons (Fsp3) is 0.382. The molecule has 2 aliphatic carbocycles. The molecule has 0 amide bonds. The van der Waals surface area contributed by atoms with Crippen LogP contribution in [0.5, 0.6) is 11.5 Å². The van der Waals surface area contributed by atoms with Crippen LogP contribution in [0.3, 0.4) is 0 Å². The number of ether oxygens (including phenoxy) is 2. The molecule has 1 aliphatic heterocycles. The van der Waals surface area contributed by atoms with E-state index >= 15 is 0 Å². The van der Waals surface area contributed by atoms with Gasteiger partial charge in [0.05, 0.1) is 46.1 Å². The zero-order valence-electron chi connectivity index (χ0n) is 60.4. The van der Waals surface area contributed by atoms with Gasteiger partial charge in [0.15, 0.2) is 6.79 Å². The Bertz CT molecular complexity index is 3710. The van der Waals surface area contributed by atoms with Crippen molar-refractivity contribution in [2.24, 2.45) is 22.7 Å². The smallest absolute Gasteiger partial charge is 1.00 e. The Morgan fingerprint density at radius 3 is 1.23 bits per heavy atom. The predicted molar refractivity (Wildman–Crippen MR) is 379 cm³/mol. The monoisotopic (exact) mass is 1670 g/mol. The molecule has 2 saturated carbocycles. The van der Waals surface area contributed by atoms with Gasteiger partial charge in [-0.1, -0.05) is 221 Å². The quantitative estimate of drug-likeness (QED) is 0.0120. The van der Waals surface area contributed by atoms with Crippen molar-refractivity contribution < 1.29 is 211 Å². The van der Waals surface area contributed by atoms with Crippen LogP contribution in [0.25, 0.3) is 22.3 Å². The number of phosphoric ester groups is 2. The Morgan fingerprint density at radius 1 is 0.570 bits per heavy atom. The summed E-state index contributed by atoms with van der Waals surface area (Å²) in [7, 11) is -7.23. The topological polar surface area (TPSA) is 243 Å². The number of benzene rings is 6. The van der Waals surface area contributed by atoms with Crippen molar-refractivity contribution in [2.75, 3.05) is 33.2 Å². The van der Waals surface area contributed by atoms with Crippen LogP contribution in [-0.4, -0.2) is 54.8 Å². The largest absolute Gasteiger partial charge is 1.00 e. The molecule has 24 heteroatoms. The molecule has 11 rings (SSSR count). The molecule has 1 saturated heterocycles. The number of aromatic nitrogens is 2. The first-order valence-electron chi connectivity index (χ1n) is 33.2. The number of carbonyl (C=O) groups is 1. The maximum absolute atomic E-state index is 13.7. The third kappa shape index (κ3) is 33.5. The number of hydrogen-bond donors (Lipinski definition) is 3. The number of H-pyrrole nitrogens is 2. The number of nitrogens with one attached hydrogen (secondary N) is 2. The summed E-state index contributed by atoms with van der Waals surface area (Å²) >= 11 is 5.49. The van der Waals surface area contributed by atoms with Crippen LogP contribution in [0.1, 0.15) is 128 Å². The molecule has 6 aromatic carbocycles. The van der Waals surface area contributed by atoms with E-state index in [0.29, 0.717) is 52.3 Å². The number of rotatable bonds is 25. The van der Waals surface area contributed by atoms with Crippen LogP contribution in [0.15, 0.2) is 204 Å². The Morgan fingerprint density at radius 2 is 0.910 bits per heavy atom. The Hall–Kier alpha value is -3.25. The summed E-state index contributed by atoms with van der Waals surface area (Å²) in [5.74, 6) is 1.53. The summed E-state index contributed by atoms with van der Waals surface area (Å²) in [6.07, 6.45) is 13.0. The number of aromatic hydroxyl groups is 1. The first-order chi connectivity index (χ1) is 47.8. The van der Waals surface area contributed by atoms with Gasteiger partial charge in [0.1, 0.15) is 17.6 Å². The molecule has 3 fully saturated rings. The van der Waals surface area contributed by atoms with Crippen LogP contribution in [0, 0.1) is 22.7 Å². The van der Waals surface area contributed by atoms with Crippen molar-refractivity contribution >= 4 is 33.7 Å². The zero-order chi connectivity index (χ0) is 71.4. The van der Waals surface area contributed by atoms with E-state index < -0.39 is 22.4 Å². The predicted octanol–water partition coefficient (Wildman–Crippen LogP) is 11.9. The Labute approximate surface area is 713 Å². The minimum atomic E-state index is -4.05. The number of phosphoric acid groups is 2. The van der Waals surface area contributed by atoms with Gasteiger partial charge >= 0.3 is 153 Å². The van der Waals surface area contributed by atoms with E-state index in [1.807, 2.05) is 188 Å². The Kier molecular flexibility index (Phi) is 42.6. The van der Waals surface area contributed by atoms with Gasteiger partial charge in [0.2, 0.25) is 0 Å². The van der Waals surface area contributed by atoms with Gasteiger partial charge in [-0.05, 0) is 133 Å². The van der Waals surface area contributed by atoms with Crippen molar-refractivity contribution in [3.63, 3.8) is 0 Å². The van der Waals surface area contributed by atoms with E-state index in [-0.39, 0.29) is 202 Å². The third-order valence-corrected chi connectivity index (χ3v) is 19.4. The van der Waals surface area contributed by atoms with Crippen LogP contribution < -0.4 is 159 Å². The molecule has 8 aromatic rings. The van der Waals surface area contributed by atoms with Crippen molar-refractivity contribution in [3.05, 3.63) is 248 Å². The second-order valence-electron chi connectivity index (χ2n) is 25.0. The second-order valence-corrected chi connectivity index (χ2v) is 28.6. The number of carbonyl (C=O) groups excluding carboxylic acids is 1. The molecule has 3 heterocycles.